The number of allylic oxidation sites excluding steroid dienone is 8. The van der Waals surface area contributed by atoms with E-state index in [2.05, 4.69) is 74.4 Å². The molecule has 0 radical (unpaired) electrons. The van der Waals surface area contributed by atoms with Gasteiger partial charge in [0.1, 0.15) is 0 Å². The Balaban J connectivity index is 0.00000264. The molecule has 0 heterocycles. The molecule has 0 aromatic heterocycles. The van der Waals surface area contributed by atoms with Gasteiger partial charge < -0.3 is 0 Å². The van der Waals surface area contributed by atoms with E-state index < -0.39 is 17.4 Å². The van der Waals surface area contributed by atoms with Crippen LogP contribution in [0.1, 0.15) is 68.2 Å². The molecule has 0 saturated heterocycles. The smallest absolute Gasteiger partial charge is 0.147 e. The molecule has 2 aliphatic rings. The van der Waals surface area contributed by atoms with Crippen LogP contribution in [0.2, 0.25) is 7.25 Å². The van der Waals surface area contributed by atoms with Gasteiger partial charge in [0.25, 0.3) is 0 Å². The quantitative estimate of drug-likeness (QED) is 0.392. The van der Waals surface area contributed by atoms with Crippen molar-refractivity contribution in [2.24, 2.45) is 0 Å². The van der Waals surface area contributed by atoms with Crippen molar-refractivity contribution in [2.45, 2.75) is 75.5 Å². The Morgan fingerprint density at radius 3 is 1.21 bits per heavy atom. The number of hydrogen-bond donors (Lipinski definition) is 0. The van der Waals surface area contributed by atoms with Gasteiger partial charge in [-0.3, -0.25) is 0 Å². The van der Waals surface area contributed by atoms with Crippen LogP contribution in [0.25, 0.3) is 0 Å². The molecule has 24 heavy (non-hydrogen) atoms. The second kappa shape index (κ2) is 8.12. The van der Waals surface area contributed by atoms with E-state index in [0.717, 1.165) is 7.25 Å². The van der Waals surface area contributed by atoms with E-state index in [4.69, 9.17) is 0 Å². The molecule has 0 spiro atoms. The summed E-state index contributed by atoms with van der Waals surface area (Å²) in [7, 11) is 0. The third-order valence-corrected chi connectivity index (χ3v) is 44.2. The van der Waals surface area contributed by atoms with Crippen molar-refractivity contribution < 1.29 is 17.4 Å². The molecule has 4 heteroatoms. The van der Waals surface area contributed by atoms with Gasteiger partial charge in [-0.05, 0) is 0 Å². The Kier molecular flexibility index (Phi) is 8.33. The minimum absolute atomic E-state index is 0. The average Bonchev–Trinajstić information content (AvgIpc) is 2.93. The molecule has 0 aliphatic heterocycles. The molecule has 0 fully saturated rings. The molecule has 2 aliphatic carbocycles. The zero-order valence-corrected chi connectivity index (χ0v) is 22.3. The van der Waals surface area contributed by atoms with Crippen molar-refractivity contribution >= 4 is 31.7 Å². The van der Waals surface area contributed by atoms with Crippen LogP contribution in [0.4, 0.5) is 0 Å². The molecule has 0 saturated carbocycles. The van der Waals surface area contributed by atoms with Crippen LogP contribution < -0.4 is 0 Å². The second-order valence-electron chi connectivity index (χ2n) is 8.56. The molecule has 0 aromatic rings. The number of rotatable bonds is 4. The third-order valence-electron chi connectivity index (χ3n) is 7.19. The summed E-state index contributed by atoms with van der Waals surface area (Å²) >= 11 is -3.21. The summed E-state index contributed by atoms with van der Waals surface area (Å²) in [6, 6.07) is 0. The molecule has 0 atom stereocenters. The van der Waals surface area contributed by atoms with Crippen molar-refractivity contribution in [1.82, 2.24) is 0 Å². The maximum absolute atomic E-state index is 3.21. The number of halogens is 2. The first-order valence-corrected chi connectivity index (χ1v) is 20.0. The Bertz CT molecular complexity index is 643. The Labute approximate surface area is 164 Å². The first-order chi connectivity index (χ1) is 10.0. The predicted octanol–water partition coefficient (Wildman–Crippen LogP) is 6.97. The van der Waals surface area contributed by atoms with E-state index in [1.807, 2.05) is 6.56 Å². The fraction of sp³-hybridized carbons (Fsp3) is 0.600. The maximum atomic E-state index is 2.59. The second-order valence-corrected chi connectivity index (χ2v) is 34.4. The van der Waals surface area contributed by atoms with Crippen molar-refractivity contribution in [3.8, 4) is 0 Å². The van der Waals surface area contributed by atoms with E-state index >= 15 is 0 Å². The summed E-state index contributed by atoms with van der Waals surface area (Å²) in [6.45, 7) is 21.8. The van der Waals surface area contributed by atoms with Crippen LogP contribution in [-0.4, -0.2) is 6.88 Å². The van der Waals surface area contributed by atoms with Crippen LogP contribution in [-0.2, 0) is 17.4 Å². The van der Waals surface area contributed by atoms with E-state index in [9.17, 15) is 0 Å². The normalized spacial score (nSPS) is 18.8. The summed E-state index contributed by atoms with van der Waals surface area (Å²) in [4.78, 5) is 0. The van der Waals surface area contributed by atoms with Crippen molar-refractivity contribution in [3.05, 3.63) is 41.0 Å². The Morgan fingerprint density at radius 2 is 1.04 bits per heavy atom. The molecule has 0 amide bonds. The summed E-state index contributed by atoms with van der Waals surface area (Å²) in [5.41, 5.74) is 6.26. The van der Waals surface area contributed by atoms with Crippen molar-refractivity contribution in [2.75, 3.05) is 0 Å². The average molecular weight is 467 g/mol. The third kappa shape index (κ3) is 3.30. The van der Waals surface area contributed by atoms with Crippen LogP contribution in [0, 0.1) is 0 Å². The van der Waals surface area contributed by atoms with E-state index in [-0.39, 0.29) is 24.8 Å². The first-order valence-electron chi connectivity index (χ1n) is 8.81. The van der Waals surface area contributed by atoms with Gasteiger partial charge in [0.2, 0.25) is 0 Å². The topological polar surface area (TPSA) is 0 Å². The van der Waals surface area contributed by atoms with Crippen molar-refractivity contribution in [3.63, 3.8) is 0 Å². The molecule has 0 bridgehead atoms. The fourth-order valence-electron chi connectivity index (χ4n) is 4.84. The molecule has 0 nitrogen and oxygen atoms in total. The summed E-state index contributed by atoms with van der Waals surface area (Å²) in [5, 5.41) is 0. The molecular formula is C20H36Cl2SiZr. The largest absolute Gasteiger partial charge is 0.147 e. The Morgan fingerprint density at radius 1 is 0.750 bits per heavy atom. The standard InChI is InChI=1S/2C7H9.2C3H7.2ClH.H2Si.Zr/c2*1-6-4-3-5-7(6)2;2*1-3-2;;;;/h2*4H,5H2,1-2H3;2*3H,1-2H3;2*1H;1H2;. The van der Waals surface area contributed by atoms with E-state index in [0.29, 0.717) is 0 Å². The zero-order chi connectivity index (χ0) is 16.9. The van der Waals surface area contributed by atoms with Gasteiger partial charge in [0, 0.05) is 0 Å². The minimum atomic E-state index is -3.21. The Hall–Kier alpha value is 0.640. The zero-order valence-electron chi connectivity index (χ0n) is 16.7. The van der Waals surface area contributed by atoms with Crippen LogP contribution in [0.3, 0.4) is 0 Å². The van der Waals surface area contributed by atoms with Gasteiger partial charge in [-0.2, -0.15) is 0 Å². The monoisotopic (exact) mass is 464 g/mol. The van der Waals surface area contributed by atoms with Gasteiger partial charge in [-0.15, -0.1) is 24.8 Å². The van der Waals surface area contributed by atoms with Crippen LogP contribution in [0.5, 0.6) is 0 Å². The van der Waals surface area contributed by atoms with Gasteiger partial charge >= 0.3 is 141 Å². The molecular weight excluding hydrogens is 430 g/mol. The van der Waals surface area contributed by atoms with Gasteiger partial charge in [-0.1, -0.05) is 0 Å². The van der Waals surface area contributed by atoms with Crippen LogP contribution in [0.15, 0.2) is 41.0 Å². The fourth-order valence-corrected chi connectivity index (χ4v) is 25.2. The van der Waals surface area contributed by atoms with E-state index in [1.165, 1.54) is 24.0 Å². The van der Waals surface area contributed by atoms with Gasteiger partial charge in [0.15, 0.2) is 0 Å². The SMILES string of the molecule is CC1=C(C)C[C]([Zr](=[SiH2])([C]2=CC(C)=C(C)C2)([CH](C)C)[CH](C)C)=C1.Cl.Cl. The van der Waals surface area contributed by atoms with Crippen LogP contribution >= 0.6 is 24.8 Å². The molecule has 2 rings (SSSR count). The maximum Gasteiger partial charge on any atom is -0.147 e. The summed E-state index contributed by atoms with van der Waals surface area (Å²) in [5.74, 6) is 0. The minimum Gasteiger partial charge on any atom is -0.147 e. The summed E-state index contributed by atoms with van der Waals surface area (Å²) < 4.78 is 5.31. The van der Waals surface area contributed by atoms with E-state index in [1.54, 1.807) is 11.1 Å². The van der Waals surface area contributed by atoms with Crippen molar-refractivity contribution in [1.29, 1.82) is 0 Å². The van der Waals surface area contributed by atoms with Gasteiger partial charge in [0.05, 0.1) is 0 Å². The summed E-state index contributed by atoms with van der Waals surface area (Å²) in [6.07, 6.45) is 7.67. The molecule has 0 aromatic carbocycles. The molecule has 138 valence electrons. The van der Waals surface area contributed by atoms with Gasteiger partial charge in [-0.25, -0.2) is 0 Å². The first kappa shape index (κ1) is 24.6. The molecule has 0 N–H and O–H groups in total. The molecule has 0 unspecified atom stereocenters. The number of hydrogen-bond acceptors (Lipinski definition) is 0. The predicted molar refractivity (Wildman–Crippen MR) is 115 cm³/mol.